The van der Waals surface area contributed by atoms with E-state index in [1.165, 1.54) is 19.0 Å². The van der Waals surface area contributed by atoms with Crippen LogP contribution in [0.2, 0.25) is 0 Å². The Kier molecular flexibility index (Phi) is 3.99. The molecule has 1 unspecified atom stereocenters. The van der Waals surface area contributed by atoms with E-state index in [9.17, 15) is 4.79 Å². The molecule has 1 aliphatic carbocycles. The van der Waals surface area contributed by atoms with Crippen molar-refractivity contribution in [1.82, 2.24) is 14.9 Å². The van der Waals surface area contributed by atoms with Crippen molar-refractivity contribution in [2.45, 2.75) is 38.8 Å². The quantitative estimate of drug-likeness (QED) is 0.808. The summed E-state index contributed by atoms with van der Waals surface area (Å²) in [5.41, 5.74) is 0.117. The van der Waals surface area contributed by atoms with Crippen molar-refractivity contribution in [3.63, 3.8) is 0 Å². The van der Waals surface area contributed by atoms with Crippen LogP contribution < -0.4 is 5.32 Å². The first-order valence-electron chi connectivity index (χ1n) is 6.51. The molecule has 2 rings (SSSR count). The maximum Gasteiger partial charge on any atom is 0.341 e. The van der Waals surface area contributed by atoms with Crippen LogP contribution in [0.25, 0.3) is 0 Å². The number of nitrogens with zero attached hydrogens (tertiary/aromatic N) is 3. The number of carboxylic acid groups (broad SMARTS) is 1. The van der Waals surface area contributed by atoms with Gasteiger partial charge in [-0.1, -0.05) is 0 Å². The van der Waals surface area contributed by atoms with E-state index in [1.54, 1.807) is 6.92 Å². The maximum absolute atomic E-state index is 11.1. The lowest BCUT2D eigenvalue weighted by Gasteiger charge is -2.25. The zero-order chi connectivity index (χ0) is 14.0. The molecular formula is C13H20N4O2. The highest BCUT2D eigenvalue weighted by atomic mass is 16.4. The summed E-state index contributed by atoms with van der Waals surface area (Å²) in [6.45, 7) is 4.54. The molecule has 1 aliphatic rings. The molecule has 0 spiro atoms. The molecule has 1 atom stereocenters. The van der Waals surface area contributed by atoms with E-state index in [1.807, 2.05) is 0 Å². The average Bonchev–Trinajstić information content (AvgIpc) is 3.18. The lowest BCUT2D eigenvalue weighted by atomic mass is 10.2. The zero-order valence-electron chi connectivity index (χ0n) is 11.6. The highest BCUT2D eigenvalue weighted by molar-refractivity contribution is 5.92. The van der Waals surface area contributed by atoms with Gasteiger partial charge in [-0.15, -0.1) is 0 Å². The van der Waals surface area contributed by atoms with Crippen LogP contribution >= 0.6 is 0 Å². The monoisotopic (exact) mass is 264 g/mol. The van der Waals surface area contributed by atoms with E-state index in [-0.39, 0.29) is 5.56 Å². The molecule has 19 heavy (non-hydrogen) atoms. The van der Waals surface area contributed by atoms with Crippen LogP contribution in [-0.2, 0) is 0 Å². The first-order valence-corrected chi connectivity index (χ1v) is 6.51. The van der Waals surface area contributed by atoms with Crippen LogP contribution in [0.15, 0.2) is 6.20 Å². The fourth-order valence-corrected chi connectivity index (χ4v) is 1.99. The highest BCUT2D eigenvalue weighted by Crippen LogP contribution is 2.27. The Hall–Kier alpha value is -1.69. The number of hydrogen-bond donors (Lipinski definition) is 2. The fraction of sp³-hybridized carbons (Fsp3) is 0.615. The Balaban J connectivity index is 2.01. The van der Waals surface area contributed by atoms with E-state index in [0.717, 1.165) is 0 Å². The number of nitrogens with one attached hydrogen (secondary N) is 1. The average molecular weight is 264 g/mol. The summed E-state index contributed by atoms with van der Waals surface area (Å²) in [5.74, 6) is -0.0440. The van der Waals surface area contributed by atoms with Gasteiger partial charge in [-0.2, -0.15) is 0 Å². The van der Waals surface area contributed by atoms with Gasteiger partial charge in [0.05, 0.1) is 0 Å². The fourth-order valence-electron chi connectivity index (χ4n) is 1.99. The molecule has 2 N–H and O–H groups in total. The summed E-state index contributed by atoms with van der Waals surface area (Å²) in [4.78, 5) is 21.5. The minimum absolute atomic E-state index is 0.117. The summed E-state index contributed by atoms with van der Waals surface area (Å²) < 4.78 is 0. The molecule has 1 fully saturated rings. The third-order valence-corrected chi connectivity index (χ3v) is 3.52. The van der Waals surface area contributed by atoms with E-state index in [2.05, 4.69) is 34.2 Å². The molecule has 0 bridgehead atoms. The minimum Gasteiger partial charge on any atom is -0.477 e. The van der Waals surface area contributed by atoms with Gasteiger partial charge < -0.3 is 10.4 Å². The summed E-state index contributed by atoms with van der Waals surface area (Å²) in [7, 11) is 2.10. The molecule has 1 saturated carbocycles. The smallest absolute Gasteiger partial charge is 0.341 e. The van der Waals surface area contributed by atoms with E-state index < -0.39 is 5.97 Å². The third kappa shape index (κ3) is 3.41. The van der Waals surface area contributed by atoms with Gasteiger partial charge in [-0.25, -0.2) is 14.8 Å². The lowest BCUT2D eigenvalue weighted by molar-refractivity contribution is 0.0697. The number of likely N-dealkylation sites (N-methyl/N-ethyl adjacent to an activating group) is 1. The van der Waals surface area contributed by atoms with Crippen molar-refractivity contribution in [3.05, 3.63) is 17.6 Å². The Morgan fingerprint density at radius 3 is 2.89 bits per heavy atom. The standard InChI is InChI=1S/C13H20N4O2/c1-8(17(3)10-4-5-10)6-15-12-11(13(18)19)7-14-9(2)16-12/h7-8,10H,4-6H2,1-3H3,(H,18,19)(H,14,15,16). The molecule has 6 heteroatoms. The molecule has 1 aromatic rings. The number of aromatic carboxylic acids is 1. The van der Waals surface area contributed by atoms with Gasteiger partial charge >= 0.3 is 5.97 Å². The van der Waals surface area contributed by atoms with Crippen LogP contribution in [0.3, 0.4) is 0 Å². The lowest BCUT2D eigenvalue weighted by Crippen LogP contribution is -2.36. The molecular weight excluding hydrogens is 244 g/mol. The Morgan fingerprint density at radius 2 is 2.32 bits per heavy atom. The zero-order valence-corrected chi connectivity index (χ0v) is 11.6. The first kappa shape index (κ1) is 13.7. The number of hydrogen-bond acceptors (Lipinski definition) is 5. The minimum atomic E-state index is -1.01. The van der Waals surface area contributed by atoms with Gasteiger partial charge in [0.1, 0.15) is 17.2 Å². The summed E-state index contributed by atoms with van der Waals surface area (Å²) in [6.07, 6.45) is 3.87. The summed E-state index contributed by atoms with van der Waals surface area (Å²) in [6, 6.07) is 1.02. The van der Waals surface area contributed by atoms with Crippen molar-refractivity contribution >= 4 is 11.8 Å². The van der Waals surface area contributed by atoms with Gasteiger partial charge in [-0.05, 0) is 33.7 Å². The maximum atomic E-state index is 11.1. The Bertz CT molecular complexity index is 474. The van der Waals surface area contributed by atoms with Crippen molar-refractivity contribution in [2.24, 2.45) is 0 Å². The normalized spacial score (nSPS) is 16.4. The molecule has 0 aromatic carbocycles. The molecule has 6 nitrogen and oxygen atoms in total. The van der Waals surface area contributed by atoms with E-state index in [0.29, 0.717) is 30.3 Å². The molecule has 0 saturated heterocycles. The Morgan fingerprint density at radius 1 is 1.63 bits per heavy atom. The number of rotatable bonds is 6. The predicted octanol–water partition coefficient (Wildman–Crippen LogP) is 1.38. The second kappa shape index (κ2) is 5.52. The highest BCUT2D eigenvalue weighted by Gasteiger charge is 2.29. The number of anilines is 1. The number of carbonyl (C=O) groups is 1. The second-order valence-electron chi connectivity index (χ2n) is 5.11. The first-order chi connectivity index (χ1) is 8.99. The van der Waals surface area contributed by atoms with Crippen molar-refractivity contribution < 1.29 is 9.90 Å². The molecule has 0 aliphatic heterocycles. The van der Waals surface area contributed by atoms with Crippen molar-refractivity contribution in [3.8, 4) is 0 Å². The number of aryl methyl sites for hydroxylation is 1. The van der Waals surface area contributed by atoms with E-state index in [4.69, 9.17) is 5.11 Å². The Labute approximate surface area is 112 Å². The van der Waals surface area contributed by atoms with Crippen LogP contribution in [0, 0.1) is 6.92 Å². The molecule has 104 valence electrons. The van der Waals surface area contributed by atoms with Crippen molar-refractivity contribution in [1.29, 1.82) is 0 Å². The van der Waals surface area contributed by atoms with Crippen LogP contribution in [0.5, 0.6) is 0 Å². The van der Waals surface area contributed by atoms with Gasteiger partial charge in [-0.3, -0.25) is 4.90 Å². The summed E-state index contributed by atoms with van der Waals surface area (Å²) >= 11 is 0. The second-order valence-corrected chi connectivity index (χ2v) is 5.11. The molecule has 1 heterocycles. The van der Waals surface area contributed by atoms with Crippen LogP contribution in [0.1, 0.15) is 35.9 Å². The molecule has 0 amide bonds. The predicted molar refractivity (Wildman–Crippen MR) is 72.5 cm³/mol. The van der Waals surface area contributed by atoms with Gasteiger partial charge in [0.15, 0.2) is 0 Å². The SMILES string of the molecule is Cc1ncc(C(=O)O)c(NCC(C)N(C)C2CC2)n1. The van der Waals surface area contributed by atoms with Crippen LogP contribution in [-0.4, -0.2) is 51.6 Å². The molecule has 0 radical (unpaired) electrons. The van der Waals surface area contributed by atoms with Crippen LogP contribution in [0.4, 0.5) is 5.82 Å². The third-order valence-electron chi connectivity index (χ3n) is 3.52. The van der Waals surface area contributed by atoms with Gasteiger partial charge in [0, 0.05) is 24.8 Å². The summed E-state index contributed by atoms with van der Waals surface area (Å²) in [5, 5.41) is 12.2. The van der Waals surface area contributed by atoms with E-state index >= 15 is 0 Å². The van der Waals surface area contributed by atoms with Gasteiger partial charge in [0.25, 0.3) is 0 Å². The topological polar surface area (TPSA) is 78.3 Å². The largest absolute Gasteiger partial charge is 0.477 e. The van der Waals surface area contributed by atoms with Crippen molar-refractivity contribution in [2.75, 3.05) is 18.9 Å². The van der Waals surface area contributed by atoms with Gasteiger partial charge in [0.2, 0.25) is 0 Å². The number of carboxylic acids is 1. The molecule has 1 aromatic heterocycles. The number of aromatic nitrogens is 2.